The number of benzene rings is 1. The van der Waals surface area contributed by atoms with Crippen LogP contribution in [0, 0.1) is 5.92 Å². The number of thiol groups is 1. The molecule has 1 rings (SSSR count). The van der Waals surface area contributed by atoms with Gasteiger partial charge in [-0.05, 0) is 37.8 Å². The summed E-state index contributed by atoms with van der Waals surface area (Å²) in [5, 5.41) is 3.70. The van der Waals surface area contributed by atoms with Crippen LogP contribution in [0.25, 0.3) is 0 Å². The molecule has 0 saturated carbocycles. The molecule has 0 bridgehead atoms. The van der Waals surface area contributed by atoms with Crippen LogP contribution in [0.15, 0.2) is 30.3 Å². The summed E-state index contributed by atoms with van der Waals surface area (Å²) in [6.45, 7) is 7.69. The number of nitrogens with one attached hydrogen (secondary N) is 1. The molecule has 0 fully saturated rings. The van der Waals surface area contributed by atoms with Gasteiger partial charge >= 0.3 is 0 Å². The lowest BCUT2D eigenvalue weighted by atomic mass is 10.00. The van der Waals surface area contributed by atoms with Gasteiger partial charge in [0.05, 0.1) is 0 Å². The molecule has 2 unspecified atom stereocenters. The normalized spacial score (nSPS) is 16.3. The summed E-state index contributed by atoms with van der Waals surface area (Å²) in [5.74, 6) is 0.732. The number of nitrogens with two attached hydrogens (primary N) is 1. The first-order chi connectivity index (χ1) is 9.00. The maximum atomic E-state index is 6.27. The summed E-state index contributed by atoms with van der Waals surface area (Å²) in [5.41, 5.74) is 7.55. The van der Waals surface area contributed by atoms with E-state index in [0.717, 1.165) is 18.9 Å². The molecular weight excluding hydrogens is 252 g/mol. The van der Waals surface area contributed by atoms with Crippen LogP contribution < -0.4 is 11.1 Å². The Bertz CT molecular complexity index is 340. The highest BCUT2D eigenvalue weighted by atomic mass is 32.1. The van der Waals surface area contributed by atoms with Gasteiger partial charge in [0.1, 0.15) is 0 Å². The monoisotopic (exact) mass is 280 g/mol. The van der Waals surface area contributed by atoms with Crippen LogP contribution in [0.3, 0.4) is 0 Å². The average molecular weight is 280 g/mol. The smallest absolute Gasteiger partial charge is 0.0322 e. The third kappa shape index (κ3) is 6.46. The fraction of sp³-hybridized carbons (Fsp3) is 0.625. The van der Waals surface area contributed by atoms with E-state index in [0.29, 0.717) is 6.04 Å². The third-order valence-electron chi connectivity index (χ3n) is 3.45. The molecule has 0 radical (unpaired) electrons. The molecule has 0 spiro atoms. The van der Waals surface area contributed by atoms with E-state index in [-0.39, 0.29) is 11.3 Å². The van der Waals surface area contributed by atoms with Gasteiger partial charge in [0.15, 0.2) is 0 Å². The Balaban J connectivity index is 2.36. The molecule has 0 aromatic heterocycles. The second-order valence-electron chi connectivity index (χ2n) is 5.77. The average Bonchev–Trinajstić information content (AvgIpc) is 2.38. The quantitative estimate of drug-likeness (QED) is 0.641. The Morgan fingerprint density at radius 2 is 1.79 bits per heavy atom. The van der Waals surface area contributed by atoms with E-state index in [2.05, 4.69) is 63.0 Å². The summed E-state index contributed by atoms with van der Waals surface area (Å²) in [6.07, 6.45) is 2.07. The van der Waals surface area contributed by atoms with Crippen LogP contribution in [0.2, 0.25) is 0 Å². The number of hydrogen-bond acceptors (Lipinski definition) is 3. The van der Waals surface area contributed by atoms with E-state index >= 15 is 0 Å². The highest BCUT2D eigenvalue weighted by Crippen LogP contribution is 2.12. The summed E-state index contributed by atoms with van der Waals surface area (Å²) in [6, 6.07) is 10.8. The van der Waals surface area contributed by atoms with Crippen LogP contribution in [-0.2, 0) is 6.42 Å². The minimum atomic E-state index is 0.0762. The maximum Gasteiger partial charge on any atom is 0.0322 e. The molecular formula is C16H28N2S. The Morgan fingerprint density at radius 1 is 1.16 bits per heavy atom. The maximum absolute atomic E-state index is 6.27. The van der Waals surface area contributed by atoms with Crippen molar-refractivity contribution in [2.24, 2.45) is 11.7 Å². The Hall–Kier alpha value is -0.510. The summed E-state index contributed by atoms with van der Waals surface area (Å²) < 4.78 is 0. The van der Waals surface area contributed by atoms with Gasteiger partial charge in [0, 0.05) is 17.3 Å². The van der Waals surface area contributed by atoms with Crippen molar-refractivity contribution in [1.29, 1.82) is 0 Å². The lowest BCUT2D eigenvalue weighted by Gasteiger charge is -2.26. The standard InChI is InChI=1S/C16H28N2S/c1-12(2)9-10-18-13(3)16(19)15(17)11-14-7-5-4-6-8-14/h4-8,12-13,15-16,18-19H,9-11,17H2,1-3H3/t13?,15-,16?/m0/s1. The molecule has 0 aliphatic heterocycles. The van der Waals surface area contributed by atoms with E-state index in [1.54, 1.807) is 0 Å². The predicted octanol–water partition coefficient (Wildman–Crippen LogP) is 2.88. The van der Waals surface area contributed by atoms with Crippen LogP contribution in [0.1, 0.15) is 32.8 Å². The number of hydrogen-bond donors (Lipinski definition) is 3. The molecule has 1 aromatic rings. The zero-order valence-corrected chi connectivity index (χ0v) is 13.2. The highest BCUT2D eigenvalue weighted by molar-refractivity contribution is 7.81. The van der Waals surface area contributed by atoms with Gasteiger partial charge in [-0.15, -0.1) is 0 Å². The zero-order chi connectivity index (χ0) is 14.3. The van der Waals surface area contributed by atoms with Gasteiger partial charge in [0.25, 0.3) is 0 Å². The van der Waals surface area contributed by atoms with Gasteiger partial charge in [0.2, 0.25) is 0 Å². The molecule has 3 atom stereocenters. The second-order valence-corrected chi connectivity index (χ2v) is 6.37. The molecule has 0 heterocycles. The lowest BCUT2D eigenvalue weighted by Crippen LogP contribution is -2.46. The third-order valence-corrected chi connectivity index (χ3v) is 4.28. The fourth-order valence-corrected chi connectivity index (χ4v) is 2.31. The fourth-order valence-electron chi connectivity index (χ4n) is 2.10. The van der Waals surface area contributed by atoms with Crippen molar-refractivity contribution in [3.63, 3.8) is 0 Å². The van der Waals surface area contributed by atoms with Gasteiger partial charge < -0.3 is 11.1 Å². The van der Waals surface area contributed by atoms with E-state index in [9.17, 15) is 0 Å². The zero-order valence-electron chi connectivity index (χ0n) is 12.3. The molecule has 2 nitrogen and oxygen atoms in total. The van der Waals surface area contributed by atoms with E-state index < -0.39 is 0 Å². The van der Waals surface area contributed by atoms with Gasteiger partial charge in [-0.3, -0.25) is 0 Å². The van der Waals surface area contributed by atoms with Crippen molar-refractivity contribution in [3.05, 3.63) is 35.9 Å². The van der Waals surface area contributed by atoms with Crippen LogP contribution >= 0.6 is 12.6 Å². The Labute approximate surface area is 123 Å². The second kappa shape index (κ2) is 8.62. The first-order valence-corrected chi connectivity index (χ1v) is 7.73. The van der Waals surface area contributed by atoms with Crippen LogP contribution in [-0.4, -0.2) is 23.9 Å². The van der Waals surface area contributed by atoms with Crippen molar-refractivity contribution in [2.45, 2.75) is 50.9 Å². The molecule has 3 N–H and O–H groups in total. The first-order valence-electron chi connectivity index (χ1n) is 7.21. The minimum Gasteiger partial charge on any atom is -0.326 e. The van der Waals surface area contributed by atoms with Crippen molar-refractivity contribution in [1.82, 2.24) is 5.32 Å². The number of rotatable bonds is 8. The summed E-state index contributed by atoms with van der Waals surface area (Å²) >= 11 is 4.69. The SMILES string of the molecule is CC(C)CCNC(C)C(S)[C@@H](N)Cc1ccccc1. The largest absolute Gasteiger partial charge is 0.326 e. The summed E-state index contributed by atoms with van der Waals surface area (Å²) in [4.78, 5) is 0. The van der Waals surface area contributed by atoms with Crippen LogP contribution in [0.4, 0.5) is 0 Å². The molecule has 19 heavy (non-hydrogen) atoms. The van der Waals surface area contributed by atoms with Crippen LogP contribution in [0.5, 0.6) is 0 Å². The predicted molar refractivity (Wildman–Crippen MR) is 87.8 cm³/mol. The molecule has 1 aromatic carbocycles. The molecule has 0 aliphatic rings. The Kier molecular flexibility index (Phi) is 7.51. The molecule has 0 amide bonds. The lowest BCUT2D eigenvalue weighted by molar-refractivity contribution is 0.448. The summed E-state index contributed by atoms with van der Waals surface area (Å²) in [7, 11) is 0. The van der Waals surface area contributed by atoms with Gasteiger partial charge in [-0.1, -0.05) is 44.2 Å². The van der Waals surface area contributed by atoms with E-state index in [4.69, 9.17) is 5.73 Å². The molecule has 108 valence electrons. The molecule has 0 aliphatic carbocycles. The van der Waals surface area contributed by atoms with Crippen molar-refractivity contribution >= 4 is 12.6 Å². The highest BCUT2D eigenvalue weighted by Gasteiger charge is 2.20. The van der Waals surface area contributed by atoms with Crippen molar-refractivity contribution in [3.8, 4) is 0 Å². The molecule has 3 heteroatoms. The van der Waals surface area contributed by atoms with E-state index in [1.165, 1.54) is 12.0 Å². The minimum absolute atomic E-state index is 0.0762. The Morgan fingerprint density at radius 3 is 2.37 bits per heavy atom. The van der Waals surface area contributed by atoms with Gasteiger partial charge in [-0.2, -0.15) is 12.6 Å². The van der Waals surface area contributed by atoms with Crippen molar-refractivity contribution < 1.29 is 0 Å². The molecule has 0 saturated heterocycles. The van der Waals surface area contributed by atoms with E-state index in [1.807, 2.05) is 6.07 Å². The van der Waals surface area contributed by atoms with Crippen molar-refractivity contribution in [2.75, 3.05) is 6.54 Å². The van der Waals surface area contributed by atoms with Gasteiger partial charge in [-0.25, -0.2) is 0 Å². The first kappa shape index (κ1) is 16.5. The topological polar surface area (TPSA) is 38.0 Å².